The Bertz CT molecular complexity index is 416. The molecule has 0 fully saturated rings. The lowest BCUT2D eigenvalue weighted by Crippen LogP contribution is -2.11. The molecule has 0 aliphatic carbocycles. The van der Waals surface area contributed by atoms with Gasteiger partial charge in [-0.2, -0.15) is 13.2 Å². The van der Waals surface area contributed by atoms with E-state index < -0.39 is 11.7 Å². The van der Waals surface area contributed by atoms with Gasteiger partial charge < -0.3 is 9.47 Å². The number of carbonyl (C=O) groups excluding carboxylic acids is 1. The zero-order chi connectivity index (χ0) is 14.3. The van der Waals surface area contributed by atoms with Gasteiger partial charge in [0.25, 0.3) is 0 Å². The second kappa shape index (κ2) is 7.13. The SMILES string of the molecule is CCOCCCOc1ccc(C=O)cc1C(F)(F)F. The average Bonchev–Trinajstić information content (AvgIpc) is 2.37. The summed E-state index contributed by atoms with van der Waals surface area (Å²) in [6.07, 6.45) is -3.68. The molecule has 1 rings (SSSR count). The number of aldehydes is 1. The lowest BCUT2D eigenvalue weighted by molar-refractivity contribution is -0.139. The number of carbonyl (C=O) groups is 1. The highest BCUT2D eigenvalue weighted by Crippen LogP contribution is 2.36. The first kappa shape index (κ1) is 15.5. The van der Waals surface area contributed by atoms with E-state index in [0.29, 0.717) is 25.9 Å². The van der Waals surface area contributed by atoms with E-state index >= 15 is 0 Å². The van der Waals surface area contributed by atoms with Gasteiger partial charge in [0.15, 0.2) is 0 Å². The lowest BCUT2D eigenvalue weighted by atomic mass is 10.1. The van der Waals surface area contributed by atoms with Crippen LogP contribution in [0.2, 0.25) is 0 Å². The van der Waals surface area contributed by atoms with Crippen molar-refractivity contribution in [2.75, 3.05) is 19.8 Å². The standard InChI is InChI=1S/C13H15F3O3/c1-2-18-6-3-7-19-12-5-4-10(9-17)8-11(12)13(14,15)16/h4-5,8-9H,2-3,6-7H2,1H3. The smallest absolute Gasteiger partial charge is 0.419 e. The van der Waals surface area contributed by atoms with Gasteiger partial charge in [0.1, 0.15) is 12.0 Å². The normalized spacial score (nSPS) is 11.4. The monoisotopic (exact) mass is 276 g/mol. The molecule has 0 radical (unpaired) electrons. The van der Waals surface area contributed by atoms with Crippen LogP contribution in [0.25, 0.3) is 0 Å². The van der Waals surface area contributed by atoms with Crippen molar-refractivity contribution < 1.29 is 27.4 Å². The fraction of sp³-hybridized carbons (Fsp3) is 0.462. The van der Waals surface area contributed by atoms with Gasteiger partial charge in [-0.05, 0) is 25.1 Å². The first-order valence-electron chi connectivity index (χ1n) is 5.86. The molecule has 0 aliphatic heterocycles. The molecule has 0 amide bonds. The molecular weight excluding hydrogens is 261 g/mol. The van der Waals surface area contributed by atoms with Crippen molar-refractivity contribution in [3.05, 3.63) is 29.3 Å². The van der Waals surface area contributed by atoms with Crippen LogP contribution in [0.3, 0.4) is 0 Å². The third kappa shape index (κ3) is 4.90. The fourth-order valence-electron chi connectivity index (χ4n) is 1.46. The molecule has 0 unspecified atom stereocenters. The predicted octanol–water partition coefficient (Wildman–Crippen LogP) is 3.32. The molecule has 0 saturated heterocycles. The maximum absolute atomic E-state index is 12.8. The molecule has 3 nitrogen and oxygen atoms in total. The highest BCUT2D eigenvalue weighted by atomic mass is 19.4. The number of hydrogen-bond acceptors (Lipinski definition) is 3. The van der Waals surface area contributed by atoms with Crippen LogP contribution >= 0.6 is 0 Å². The van der Waals surface area contributed by atoms with Crippen molar-refractivity contribution in [3.63, 3.8) is 0 Å². The molecule has 6 heteroatoms. The molecule has 0 bridgehead atoms. The van der Waals surface area contributed by atoms with Gasteiger partial charge in [0.2, 0.25) is 0 Å². The minimum Gasteiger partial charge on any atom is -0.493 e. The van der Waals surface area contributed by atoms with Crippen LogP contribution in [-0.2, 0) is 10.9 Å². The molecule has 0 atom stereocenters. The Morgan fingerprint density at radius 1 is 1.26 bits per heavy atom. The molecule has 1 aromatic carbocycles. The average molecular weight is 276 g/mol. The summed E-state index contributed by atoms with van der Waals surface area (Å²) in [4.78, 5) is 10.5. The number of benzene rings is 1. The maximum atomic E-state index is 12.8. The summed E-state index contributed by atoms with van der Waals surface area (Å²) in [5.41, 5.74) is -0.970. The summed E-state index contributed by atoms with van der Waals surface area (Å²) < 4.78 is 48.5. The van der Waals surface area contributed by atoms with Crippen molar-refractivity contribution in [1.29, 1.82) is 0 Å². The highest BCUT2D eigenvalue weighted by Gasteiger charge is 2.34. The van der Waals surface area contributed by atoms with E-state index in [1.807, 2.05) is 6.92 Å². The number of rotatable bonds is 7. The summed E-state index contributed by atoms with van der Waals surface area (Å²) >= 11 is 0. The second-order valence-electron chi connectivity index (χ2n) is 3.77. The van der Waals surface area contributed by atoms with E-state index in [-0.39, 0.29) is 17.9 Å². The molecule has 0 saturated carbocycles. The van der Waals surface area contributed by atoms with E-state index in [0.717, 1.165) is 12.1 Å². The zero-order valence-electron chi connectivity index (χ0n) is 10.5. The number of ether oxygens (including phenoxy) is 2. The van der Waals surface area contributed by atoms with Crippen LogP contribution in [0.5, 0.6) is 5.75 Å². The minimum atomic E-state index is -4.55. The Labute approximate surface area is 109 Å². The largest absolute Gasteiger partial charge is 0.493 e. The maximum Gasteiger partial charge on any atom is 0.419 e. The van der Waals surface area contributed by atoms with Crippen molar-refractivity contribution in [2.24, 2.45) is 0 Å². The third-order valence-corrected chi connectivity index (χ3v) is 2.34. The molecule has 0 spiro atoms. The summed E-state index contributed by atoms with van der Waals surface area (Å²) in [6.45, 7) is 2.95. The van der Waals surface area contributed by atoms with E-state index in [1.165, 1.54) is 6.07 Å². The molecule has 1 aromatic rings. The molecule has 0 heterocycles. The van der Waals surface area contributed by atoms with Gasteiger partial charge in [-0.25, -0.2) is 0 Å². The van der Waals surface area contributed by atoms with Crippen LogP contribution in [0.15, 0.2) is 18.2 Å². The van der Waals surface area contributed by atoms with Gasteiger partial charge in [-0.15, -0.1) is 0 Å². The van der Waals surface area contributed by atoms with Crippen LogP contribution in [0.4, 0.5) is 13.2 Å². The van der Waals surface area contributed by atoms with E-state index in [1.54, 1.807) is 0 Å². The van der Waals surface area contributed by atoms with Gasteiger partial charge in [-0.1, -0.05) is 0 Å². The molecule has 19 heavy (non-hydrogen) atoms. The van der Waals surface area contributed by atoms with Crippen molar-refractivity contribution >= 4 is 6.29 Å². The van der Waals surface area contributed by atoms with Crippen LogP contribution in [0.1, 0.15) is 29.3 Å². The second-order valence-corrected chi connectivity index (χ2v) is 3.77. The van der Waals surface area contributed by atoms with Gasteiger partial charge in [-0.3, -0.25) is 4.79 Å². The fourth-order valence-corrected chi connectivity index (χ4v) is 1.46. The summed E-state index contributed by atoms with van der Waals surface area (Å²) in [5.74, 6) is -0.269. The highest BCUT2D eigenvalue weighted by molar-refractivity contribution is 5.75. The molecule has 0 N–H and O–H groups in total. The topological polar surface area (TPSA) is 35.5 Å². The van der Waals surface area contributed by atoms with Crippen LogP contribution < -0.4 is 4.74 Å². The Hall–Kier alpha value is -1.56. The van der Waals surface area contributed by atoms with Gasteiger partial charge in [0, 0.05) is 25.2 Å². The first-order valence-corrected chi connectivity index (χ1v) is 5.86. The van der Waals surface area contributed by atoms with Crippen LogP contribution in [0, 0.1) is 0 Å². The third-order valence-electron chi connectivity index (χ3n) is 2.34. The van der Waals surface area contributed by atoms with Crippen LogP contribution in [-0.4, -0.2) is 26.1 Å². The number of hydrogen-bond donors (Lipinski definition) is 0. The van der Waals surface area contributed by atoms with E-state index in [2.05, 4.69) is 0 Å². The summed E-state index contributed by atoms with van der Waals surface area (Å²) in [5, 5.41) is 0. The Morgan fingerprint density at radius 2 is 2.00 bits per heavy atom. The summed E-state index contributed by atoms with van der Waals surface area (Å²) in [7, 11) is 0. The number of halogens is 3. The van der Waals surface area contributed by atoms with Crippen molar-refractivity contribution in [2.45, 2.75) is 19.5 Å². The Morgan fingerprint density at radius 3 is 2.58 bits per heavy atom. The minimum absolute atomic E-state index is 0.0333. The molecule has 106 valence electrons. The van der Waals surface area contributed by atoms with E-state index in [9.17, 15) is 18.0 Å². The molecule has 0 aromatic heterocycles. The Balaban J connectivity index is 2.74. The quantitative estimate of drug-likeness (QED) is 0.566. The van der Waals surface area contributed by atoms with Gasteiger partial charge in [0.05, 0.1) is 12.2 Å². The summed E-state index contributed by atoms with van der Waals surface area (Å²) in [6, 6.07) is 3.23. The zero-order valence-corrected chi connectivity index (χ0v) is 10.5. The van der Waals surface area contributed by atoms with Crippen molar-refractivity contribution in [1.82, 2.24) is 0 Å². The lowest BCUT2D eigenvalue weighted by Gasteiger charge is -2.14. The first-order chi connectivity index (χ1) is 8.99. The van der Waals surface area contributed by atoms with E-state index in [4.69, 9.17) is 9.47 Å². The predicted molar refractivity (Wildman–Crippen MR) is 63.4 cm³/mol. The number of alkyl halides is 3. The van der Waals surface area contributed by atoms with Crippen molar-refractivity contribution in [3.8, 4) is 5.75 Å². The molecular formula is C13H15F3O3. The Kier molecular flexibility index (Phi) is 5.82. The van der Waals surface area contributed by atoms with Gasteiger partial charge >= 0.3 is 6.18 Å². The molecule has 0 aliphatic rings.